The van der Waals surface area contributed by atoms with Gasteiger partial charge in [0.1, 0.15) is 0 Å². The summed E-state index contributed by atoms with van der Waals surface area (Å²) in [6.07, 6.45) is 0. The van der Waals surface area contributed by atoms with E-state index in [-0.39, 0.29) is 0 Å². The van der Waals surface area contributed by atoms with E-state index < -0.39 is 11.4 Å². The van der Waals surface area contributed by atoms with Crippen LogP contribution in [0.25, 0.3) is 0 Å². The van der Waals surface area contributed by atoms with Gasteiger partial charge in [0.2, 0.25) is 0 Å². The summed E-state index contributed by atoms with van der Waals surface area (Å²) in [4.78, 5) is 2.12. The molecule has 0 fully saturated rings. The zero-order chi connectivity index (χ0) is 8.69. The predicted molar refractivity (Wildman–Crippen MR) is 44.5 cm³/mol. The van der Waals surface area contributed by atoms with Crippen molar-refractivity contribution in [3.05, 3.63) is 0 Å². The second-order valence-electron chi connectivity index (χ2n) is 2.07. The molecule has 0 radical (unpaired) electrons. The lowest BCUT2D eigenvalue weighted by atomic mass is 10.5. The molecule has 0 heterocycles. The Balaban J connectivity index is 3.28. The molecule has 4 nitrogen and oxygen atoms in total. The van der Waals surface area contributed by atoms with Crippen molar-refractivity contribution in [3.8, 4) is 0 Å². The Labute approximate surface area is 70.0 Å². The highest BCUT2D eigenvalue weighted by Crippen LogP contribution is 1.87. The van der Waals surface area contributed by atoms with Crippen LogP contribution in [0, 0.1) is 0 Å². The van der Waals surface area contributed by atoms with Crippen LogP contribution in [0.2, 0.25) is 0 Å². The summed E-state index contributed by atoms with van der Waals surface area (Å²) in [5, 5.41) is 0. The molecule has 1 unspecified atom stereocenters. The molecule has 0 aromatic rings. The van der Waals surface area contributed by atoms with Gasteiger partial charge >= 0.3 is 11.4 Å². The van der Waals surface area contributed by atoms with Gasteiger partial charge in [-0.15, -0.1) is 0 Å². The first kappa shape index (κ1) is 11.0. The molecule has 0 amide bonds. The number of hydrogen-bond donors (Lipinski definition) is 1. The highest BCUT2D eigenvalue weighted by molar-refractivity contribution is 7.74. The third-order valence-corrected chi connectivity index (χ3v) is 1.85. The average Bonchev–Trinajstić information content (AvgIpc) is 1.98. The lowest BCUT2D eigenvalue weighted by Gasteiger charge is -2.16. The zero-order valence-corrected chi connectivity index (χ0v) is 7.76. The van der Waals surface area contributed by atoms with E-state index in [4.69, 9.17) is 4.55 Å². The van der Waals surface area contributed by atoms with Gasteiger partial charge in [-0.1, -0.05) is 13.8 Å². The molecule has 11 heavy (non-hydrogen) atoms. The van der Waals surface area contributed by atoms with Crippen molar-refractivity contribution in [3.63, 3.8) is 0 Å². The molecule has 0 aliphatic carbocycles. The lowest BCUT2D eigenvalue weighted by Crippen LogP contribution is -2.27. The van der Waals surface area contributed by atoms with Crippen molar-refractivity contribution in [1.82, 2.24) is 4.90 Å². The predicted octanol–water partition coefficient (Wildman–Crippen LogP) is 0.481. The molecular weight excluding hydrogens is 166 g/mol. The molecule has 0 saturated carbocycles. The highest BCUT2D eigenvalue weighted by Gasteiger charge is 1.99. The lowest BCUT2D eigenvalue weighted by molar-refractivity contribution is 0.223. The zero-order valence-electron chi connectivity index (χ0n) is 6.95. The van der Waals surface area contributed by atoms with E-state index in [1.54, 1.807) is 0 Å². The van der Waals surface area contributed by atoms with Crippen molar-refractivity contribution in [2.75, 3.05) is 26.2 Å². The summed E-state index contributed by atoms with van der Waals surface area (Å²) in [6.45, 7) is 6.98. The van der Waals surface area contributed by atoms with Crippen molar-refractivity contribution < 1.29 is 12.9 Å². The molecule has 68 valence electrons. The summed E-state index contributed by atoms with van der Waals surface area (Å²) in [5.41, 5.74) is 0. The molecule has 1 atom stereocenters. The van der Waals surface area contributed by atoms with Crippen LogP contribution in [0.1, 0.15) is 13.8 Å². The van der Waals surface area contributed by atoms with E-state index in [2.05, 4.69) is 9.08 Å². The average molecular weight is 181 g/mol. The monoisotopic (exact) mass is 181 g/mol. The van der Waals surface area contributed by atoms with Gasteiger partial charge in [-0.25, -0.2) is 0 Å². The van der Waals surface area contributed by atoms with Crippen LogP contribution in [-0.4, -0.2) is 39.9 Å². The minimum absolute atomic E-state index is 0.310. The van der Waals surface area contributed by atoms with E-state index in [9.17, 15) is 4.21 Å². The normalized spacial score (nSPS) is 13.8. The SMILES string of the molecule is CCN(CC)CCOS(=O)O. The topological polar surface area (TPSA) is 49.8 Å². The maximum atomic E-state index is 10.0. The van der Waals surface area contributed by atoms with Gasteiger partial charge in [-0.05, 0) is 13.1 Å². The molecule has 0 saturated heterocycles. The summed E-state index contributed by atoms with van der Waals surface area (Å²) in [6, 6.07) is 0. The molecule has 1 N–H and O–H groups in total. The first-order valence-electron chi connectivity index (χ1n) is 3.67. The van der Waals surface area contributed by atoms with Gasteiger partial charge < -0.3 is 4.90 Å². The van der Waals surface area contributed by atoms with Gasteiger partial charge in [-0.2, -0.15) is 4.21 Å². The van der Waals surface area contributed by atoms with Crippen LogP contribution in [-0.2, 0) is 15.5 Å². The second kappa shape index (κ2) is 6.72. The van der Waals surface area contributed by atoms with E-state index in [0.29, 0.717) is 13.2 Å². The quantitative estimate of drug-likeness (QED) is 0.606. The van der Waals surface area contributed by atoms with Crippen LogP contribution >= 0.6 is 0 Å². The second-order valence-corrected chi connectivity index (χ2v) is 2.74. The Kier molecular flexibility index (Phi) is 6.74. The van der Waals surface area contributed by atoms with Gasteiger partial charge in [0.25, 0.3) is 0 Å². The first-order valence-corrected chi connectivity index (χ1v) is 4.70. The molecule has 0 spiro atoms. The molecule has 0 aliphatic rings. The minimum atomic E-state index is -2.11. The number of rotatable bonds is 6. The first-order chi connectivity index (χ1) is 5.20. The Morgan fingerprint density at radius 3 is 2.36 bits per heavy atom. The van der Waals surface area contributed by atoms with Crippen LogP contribution in [0.4, 0.5) is 0 Å². The molecule has 0 bridgehead atoms. The molecule has 0 aromatic carbocycles. The van der Waals surface area contributed by atoms with E-state index in [0.717, 1.165) is 13.1 Å². The van der Waals surface area contributed by atoms with Gasteiger partial charge in [-0.3, -0.25) is 8.74 Å². The summed E-state index contributed by atoms with van der Waals surface area (Å²) in [5.74, 6) is 0. The maximum Gasteiger partial charge on any atom is 0.301 e. The molecule has 0 aromatic heterocycles. The number of nitrogens with zero attached hydrogens (tertiary/aromatic N) is 1. The van der Waals surface area contributed by atoms with Gasteiger partial charge in [0.05, 0.1) is 6.61 Å². The fourth-order valence-electron chi connectivity index (χ4n) is 0.777. The number of likely N-dealkylation sites (N-methyl/N-ethyl adjacent to an activating group) is 1. The molecule has 5 heteroatoms. The maximum absolute atomic E-state index is 10.0. The number of hydrogen-bond acceptors (Lipinski definition) is 3. The van der Waals surface area contributed by atoms with Crippen LogP contribution in [0.3, 0.4) is 0 Å². The van der Waals surface area contributed by atoms with Crippen molar-refractivity contribution in [1.29, 1.82) is 0 Å². The van der Waals surface area contributed by atoms with E-state index in [1.165, 1.54) is 0 Å². The summed E-state index contributed by atoms with van der Waals surface area (Å²) >= 11 is -2.11. The smallest absolute Gasteiger partial charge is 0.301 e. The van der Waals surface area contributed by atoms with Crippen molar-refractivity contribution in [2.24, 2.45) is 0 Å². The van der Waals surface area contributed by atoms with Crippen molar-refractivity contribution >= 4 is 11.4 Å². The van der Waals surface area contributed by atoms with Crippen LogP contribution < -0.4 is 0 Å². The summed E-state index contributed by atoms with van der Waals surface area (Å²) < 4.78 is 22.7. The third kappa shape index (κ3) is 6.43. The molecule has 0 aliphatic heterocycles. The van der Waals surface area contributed by atoms with E-state index >= 15 is 0 Å². The molecule has 0 rings (SSSR count). The van der Waals surface area contributed by atoms with Gasteiger partial charge in [0, 0.05) is 6.54 Å². The van der Waals surface area contributed by atoms with Gasteiger partial charge in [0.15, 0.2) is 0 Å². The standard InChI is InChI=1S/C6H15NO3S/c1-3-7(4-2)5-6-10-11(8)9/h3-6H2,1-2H3,(H,8,9). The van der Waals surface area contributed by atoms with Crippen LogP contribution in [0.5, 0.6) is 0 Å². The Morgan fingerprint density at radius 1 is 1.45 bits per heavy atom. The Bertz CT molecular complexity index is 116. The fourth-order valence-corrected chi connectivity index (χ4v) is 0.995. The Hall–Kier alpha value is 0.0300. The fraction of sp³-hybridized carbons (Fsp3) is 1.00. The van der Waals surface area contributed by atoms with Crippen LogP contribution in [0.15, 0.2) is 0 Å². The third-order valence-electron chi connectivity index (χ3n) is 1.49. The van der Waals surface area contributed by atoms with E-state index in [1.807, 2.05) is 13.8 Å². The largest absolute Gasteiger partial charge is 0.302 e. The molecular formula is C6H15NO3S. The summed E-state index contributed by atoms with van der Waals surface area (Å²) in [7, 11) is 0. The van der Waals surface area contributed by atoms with Crippen molar-refractivity contribution in [2.45, 2.75) is 13.8 Å². The minimum Gasteiger partial charge on any atom is -0.302 e. The highest BCUT2D eigenvalue weighted by atomic mass is 32.2. The Morgan fingerprint density at radius 2 is 2.00 bits per heavy atom.